The Balaban J connectivity index is 2.62. The van der Waals surface area contributed by atoms with Crippen LogP contribution in [0.4, 0.5) is 0 Å². The molecule has 1 rings (SSSR count). The van der Waals surface area contributed by atoms with Crippen LogP contribution in [0.1, 0.15) is 13.3 Å². The summed E-state index contributed by atoms with van der Waals surface area (Å²) in [4.78, 5) is 10.9. The van der Waals surface area contributed by atoms with Crippen molar-refractivity contribution in [2.24, 2.45) is 5.92 Å². The van der Waals surface area contributed by atoms with Gasteiger partial charge < -0.3 is 9.84 Å². The van der Waals surface area contributed by atoms with E-state index in [1.54, 1.807) is 6.92 Å². The molecule has 0 aliphatic carbocycles. The van der Waals surface area contributed by atoms with Gasteiger partial charge in [0.2, 0.25) is 0 Å². The number of esters is 1. The Morgan fingerprint density at radius 2 is 2.45 bits per heavy atom. The highest BCUT2D eigenvalue weighted by atomic mass is 16.5. The first-order valence-electron chi connectivity index (χ1n) is 3.64. The van der Waals surface area contributed by atoms with Crippen molar-refractivity contribution in [1.29, 1.82) is 0 Å². The molecule has 1 aliphatic rings. The number of ether oxygens (including phenoxy) is 1. The lowest BCUT2D eigenvalue weighted by atomic mass is 9.93. The van der Waals surface area contributed by atoms with Gasteiger partial charge in [-0.25, -0.2) is 4.79 Å². The van der Waals surface area contributed by atoms with Crippen molar-refractivity contribution >= 4 is 5.97 Å². The lowest BCUT2D eigenvalue weighted by molar-refractivity contribution is -0.151. The van der Waals surface area contributed by atoms with E-state index in [-0.39, 0.29) is 24.6 Å². The molecule has 0 aromatic carbocycles. The van der Waals surface area contributed by atoms with Crippen LogP contribution >= 0.6 is 0 Å². The van der Waals surface area contributed by atoms with Crippen LogP contribution in [0, 0.1) is 5.92 Å². The van der Waals surface area contributed by atoms with Crippen LogP contribution < -0.4 is 0 Å². The molecule has 0 spiro atoms. The van der Waals surface area contributed by atoms with E-state index in [9.17, 15) is 4.79 Å². The van der Waals surface area contributed by atoms with E-state index >= 15 is 0 Å². The number of hydrogen-bond donors (Lipinski definition) is 1. The summed E-state index contributed by atoms with van der Waals surface area (Å²) in [5.74, 6) is -0.303. The van der Waals surface area contributed by atoms with E-state index in [4.69, 9.17) is 9.84 Å². The van der Waals surface area contributed by atoms with Crippen LogP contribution in [0.3, 0.4) is 0 Å². The third kappa shape index (κ3) is 1.60. The number of rotatable bonds is 1. The van der Waals surface area contributed by atoms with Crippen LogP contribution in [0.25, 0.3) is 0 Å². The maximum absolute atomic E-state index is 10.9. The number of hydrogen-bond acceptors (Lipinski definition) is 3. The molecule has 0 aromatic heterocycles. The van der Waals surface area contributed by atoms with Crippen LogP contribution in [0.2, 0.25) is 0 Å². The van der Waals surface area contributed by atoms with E-state index in [2.05, 4.69) is 6.58 Å². The van der Waals surface area contributed by atoms with Gasteiger partial charge in [-0.2, -0.15) is 0 Å². The maximum atomic E-state index is 10.9. The quantitative estimate of drug-likeness (QED) is 0.444. The molecule has 0 saturated carbocycles. The molecule has 1 aliphatic heterocycles. The summed E-state index contributed by atoms with van der Waals surface area (Å²) < 4.78 is 4.90. The zero-order chi connectivity index (χ0) is 8.43. The predicted molar refractivity (Wildman–Crippen MR) is 39.9 cm³/mol. The topological polar surface area (TPSA) is 46.5 Å². The molecule has 3 nitrogen and oxygen atoms in total. The van der Waals surface area contributed by atoms with Crippen LogP contribution in [0.15, 0.2) is 12.2 Å². The second-order valence-corrected chi connectivity index (χ2v) is 2.86. The van der Waals surface area contributed by atoms with Crippen molar-refractivity contribution in [1.82, 2.24) is 0 Å². The van der Waals surface area contributed by atoms with Crippen LogP contribution in [-0.2, 0) is 9.53 Å². The van der Waals surface area contributed by atoms with E-state index in [1.807, 2.05) is 0 Å². The molecule has 62 valence electrons. The van der Waals surface area contributed by atoms with E-state index in [1.165, 1.54) is 0 Å². The normalized spacial score (nSPS) is 31.8. The second-order valence-electron chi connectivity index (χ2n) is 2.86. The minimum atomic E-state index is -0.331. The Hall–Kier alpha value is -0.830. The van der Waals surface area contributed by atoms with Crippen molar-refractivity contribution < 1.29 is 14.6 Å². The Morgan fingerprint density at radius 1 is 1.82 bits per heavy atom. The lowest BCUT2D eigenvalue weighted by Crippen LogP contribution is -2.33. The van der Waals surface area contributed by atoms with Gasteiger partial charge >= 0.3 is 5.97 Å². The fraction of sp³-hybridized carbons (Fsp3) is 0.625. The monoisotopic (exact) mass is 156 g/mol. The summed E-state index contributed by atoms with van der Waals surface area (Å²) in [6.45, 7) is 5.37. The summed E-state index contributed by atoms with van der Waals surface area (Å²) in [5.41, 5.74) is 0.460. The Labute approximate surface area is 65.7 Å². The molecule has 2 atom stereocenters. The van der Waals surface area contributed by atoms with Crippen molar-refractivity contribution in [3.63, 3.8) is 0 Å². The Bertz CT molecular complexity index is 186. The molecule has 3 heteroatoms. The predicted octanol–water partition coefficient (Wildman–Crippen LogP) is 0.486. The van der Waals surface area contributed by atoms with Crippen LogP contribution in [0.5, 0.6) is 0 Å². The first kappa shape index (κ1) is 8.27. The number of aliphatic hydroxyl groups excluding tert-OH is 1. The standard InChI is InChI=1S/C8H12O3/c1-5-3-7(4-9)6(2)11-8(5)10/h6-7,9H,1,3-4H2,2H3. The fourth-order valence-electron chi connectivity index (χ4n) is 1.13. The van der Waals surface area contributed by atoms with E-state index in [0.717, 1.165) is 0 Å². The van der Waals surface area contributed by atoms with Gasteiger partial charge in [0.05, 0.1) is 0 Å². The van der Waals surface area contributed by atoms with Gasteiger partial charge in [0.1, 0.15) is 6.10 Å². The van der Waals surface area contributed by atoms with Gasteiger partial charge in [-0.3, -0.25) is 0 Å². The number of carbonyl (C=O) groups is 1. The first-order valence-corrected chi connectivity index (χ1v) is 3.64. The average Bonchev–Trinajstić information content (AvgIpc) is 1.97. The van der Waals surface area contributed by atoms with Crippen molar-refractivity contribution in [2.45, 2.75) is 19.4 Å². The molecule has 0 aromatic rings. The third-order valence-corrected chi connectivity index (χ3v) is 1.99. The number of cyclic esters (lactones) is 1. The van der Waals surface area contributed by atoms with E-state index in [0.29, 0.717) is 12.0 Å². The first-order chi connectivity index (χ1) is 5.15. The largest absolute Gasteiger partial charge is 0.459 e. The van der Waals surface area contributed by atoms with Gasteiger partial charge in [0.25, 0.3) is 0 Å². The summed E-state index contributed by atoms with van der Waals surface area (Å²) in [7, 11) is 0. The molecule has 1 fully saturated rings. The molecule has 0 radical (unpaired) electrons. The average molecular weight is 156 g/mol. The third-order valence-electron chi connectivity index (χ3n) is 1.99. The minimum Gasteiger partial charge on any atom is -0.459 e. The number of aliphatic hydroxyl groups is 1. The molecule has 0 amide bonds. The molecule has 1 heterocycles. The second kappa shape index (κ2) is 3.05. The van der Waals surface area contributed by atoms with Gasteiger partial charge in [0, 0.05) is 18.1 Å². The summed E-state index contributed by atoms with van der Waals surface area (Å²) in [6.07, 6.45) is 0.370. The van der Waals surface area contributed by atoms with Gasteiger partial charge in [-0.15, -0.1) is 0 Å². The van der Waals surface area contributed by atoms with E-state index < -0.39 is 0 Å². The maximum Gasteiger partial charge on any atom is 0.333 e. The van der Waals surface area contributed by atoms with Crippen molar-refractivity contribution in [3.8, 4) is 0 Å². The zero-order valence-corrected chi connectivity index (χ0v) is 6.54. The Kier molecular flexibility index (Phi) is 2.29. The zero-order valence-electron chi connectivity index (χ0n) is 6.54. The van der Waals surface area contributed by atoms with Crippen LogP contribution in [-0.4, -0.2) is 23.8 Å². The highest BCUT2D eigenvalue weighted by Crippen LogP contribution is 2.23. The molecular weight excluding hydrogens is 144 g/mol. The molecule has 1 N–H and O–H groups in total. The molecule has 0 bridgehead atoms. The Morgan fingerprint density at radius 3 is 3.00 bits per heavy atom. The van der Waals surface area contributed by atoms with Crippen molar-refractivity contribution in [3.05, 3.63) is 12.2 Å². The van der Waals surface area contributed by atoms with Gasteiger partial charge in [-0.05, 0) is 13.3 Å². The minimum absolute atomic E-state index is 0.0280. The molecular formula is C8H12O3. The van der Waals surface area contributed by atoms with Gasteiger partial charge in [0.15, 0.2) is 0 Å². The highest BCUT2D eigenvalue weighted by Gasteiger charge is 2.29. The molecule has 1 saturated heterocycles. The lowest BCUT2D eigenvalue weighted by Gasteiger charge is -2.27. The number of carbonyl (C=O) groups excluding carboxylic acids is 1. The summed E-state index contributed by atoms with van der Waals surface area (Å²) in [5, 5.41) is 8.83. The summed E-state index contributed by atoms with van der Waals surface area (Å²) in [6, 6.07) is 0. The molecule has 11 heavy (non-hydrogen) atoms. The van der Waals surface area contributed by atoms with Crippen molar-refractivity contribution in [2.75, 3.05) is 6.61 Å². The highest BCUT2D eigenvalue weighted by molar-refractivity contribution is 5.88. The fourth-order valence-corrected chi connectivity index (χ4v) is 1.13. The SMILES string of the molecule is C=C1CC(CO)C(C)OC1=O. The van der Waals surface area contributed by atoms with Gasteiger partial charge in [-0.1, -0.05) is 6.58 Å². The smallest absolute Gasteiger partial charge is 0.333 e. The molecule has 2 unspecified atom stereocenters. The summed E-state index contributed by atoms with van der Waals surface area (Å²) >= 11 is 0.